The number of pyridine rings is 1. The molecule has 33 heavy (non-hydrogen) atoms. The van der Waals surface area contributed by atoms with Crippen LogP contribution in [-0.2, 0) is 26.8 Å². The van der Waals surface area contributed by atoms with Crippen LogP contribution in [0.5, 0.6) is 0 Å². The lowest BCUT2D eigenvalue weighted by Gasteiger charge is -2.40. The average molecular weight is 482 g/mol. The Balaban J connectivity index is 1.38. The summed E-state index contributed by atoms with van der Waals surface area (Å²) in [4.78, 5) is 13.6. The smallest absolute Gasteiger partial charge is 0.252 e. The van der Waals surface area contributed by atoms with Gasteiger partial charge in [-0.2, -0.15) is 4.31 Å². The second-order valence-electron chi connectivity index (χ2n) is 8.01. The predicted molar refractivity (Wildman–Crippen MR) is 125 cm³/mol. The number of nitrogens with zero attached hydrogens (tertiary/aromatic N) is 4. The molecule has 5 rings (SSSR count). The average Bonchev–Trinajstić information content (AvgIpc) is 3.54. The molecule has 0 radical (unpaired) electrons. The summed E-state index contributed by atoms with van der Waals surface area (Å²) in [5.41, 5.74) is 0.789. The third-order valence-corrected chi connectivity index (χ3v) is 9.49. The van der Waals surface area contributed by atoms with Crippen molar-refractivity contribution < 1.29 is 13.2 Å². The van der Waals surface area contributed by atoms with Gasteiger partial charge in [-0.25, -0.2) is 8.42 Å². The zero-order valence-corrected chi connectivity index (χ0v) is 19.4. The summed E-state index contributed by atoms with van der Waals surface area (Å²) in [6.45, 7) is 0.780. The Labute approximate surface area is 195 Å². The lowest BCUT2D eigenvalue weighted by Crippen LogP contribution is -2.52. The summed E-state index contributed by atoms with van der Waals surface area (Å²) in [7, 11) is -3.55. The molecule has 1 saturated heterocycles. The van der Waals surface area contributed by atoms with Gasteiger partial charge >= 0.3 is 0 Å². The van der Waals surface area contributed by atoms with Crippen LogP contribution in [0, 0.1) is 0 Å². The molecule has 4 heterocycles. The van der Waals surface area contributed by atoms with Gasteiger partial charge in [0.2, 0.25) is 5.91 Å². The minimum absolute atomic E-state index is 0.130. The summed E-state index contributed by atoms with van der Waals surface area (Å²) in [5, 5.41) is 13.1. The number of amides is 1. The van der Waals surface area contributed by atoms with E-state index >= 15 is 0 Å². The van der Waals surface area contributed by atoms with Crippen molar-refractivity contribution >= 4 is 32.9 Å². The molecule has 0 unspecified atom stereocenters. The van der Waals surface area contributed by atoms with Crippen LogP contribution in [0.2, 0.25) is 0 Å². The van der Waals surface area contributed by atoms with Crippen LogP contribution in [0.4, 0.5) is 0 Å². The molecular formula is C23H23N5O3S2. The van der Waals surface area contributed by atoms with E-state index < -0.39 is 15.4 Å². The number of rotatable bonds is 6. The van der Waals surface area contributed by atoms with Crippen molar-refractivity contribution in [3.05, 3.63) is 83.6 Å². The number of aromatic nitrogens is 3. The van der Waals surface area contributed by atoms with E-state index in [0.29, 0.717) is 28.5 Å². The molecule has 170 valence electrons. The maximum Gasteiger partial charge on any atom is 0.252 e. The molecule has 0 aliphatic carbocycles. The van der Waals surface area contributed by atoms with Crippen molar-refractivity contribution in [1.82, 2.24) is 24.2 Å². The zero-order valence-electron chi connectivity index (χ0n) is 17.8. The first-order valence-electron chi connectivity index (χ1n) is 10.7. The highest BCUT2D eigenvalue weighted by Crippen LogP contribution is 2.38. The SMILES string of the molecule is O=C(NCc1nnc2ccccn12)C1(c2ccccc2)CCN(S(=O)(=O)c2cccs2)CC1. The highest BCUT2D eigenvalue weighted by atomic mass is 32.2. The first-order chi connectivity index (χ1) is 16.0. The van der Waals surface area contributed by atoms with Crippen LogP contribution in [0.25, 0.3) is 5.65 Å². The van der Waals surface area contributed by atoms with Crippen molar-refractivity contribution in [2.24, 2.45) is 0 Å². The minimum Gasteiger partial charge on any atom is -0.348 e. The van der Waals surface area contributed by atoms with Gasteiger partial charge in [-0.1, -0.05) is 42.5 Å². The van der Waals surface area contributed by atoms with Gasteiger partial charge in [0, 0.05) is 19.3 Å². The third-order valence-electron chi connectivity index (χ3n) is 6.22. The van der Waals surface area contributed by atoms with E-state index in [0.717, 1.165) is 5.56 Å². The molecule has 1 aromatic carbocycles. The Hall–Kier alpha value is -3.08. The molecule has 8 nitrogen and oxygen atoms in total. The van der Waals surface area contributed by atoms with Crippen molar-refractivity contribution in [1.29, 1.82) is 0 Å². The Morgan fingerprint density at radius 2 is 1.76 bits per heavy atom. The van der Waals surface area contributed by atoms with Crippen molar-refractivity contribution in [2.45, 2.75) is 29.0 Å². The number of fused-ring (bicyclic) bond motifs is 1. The van der Waals surface area contributed by atoms with Gasteiger partial charge in [-0.15, -0.1) is 21.5 Å². The number of benzene rings is 1. The summed E-state index contributed by atoms with van der Waals surface area (Å²) >= 11 is 1.21. The Kier molecular flexibility index (Phi) is 5.73. The van der Waals surface area contributed by atoms with Gasteiger partial charge in [0.25, 0.3) is 10.0 Å². The number of carbonyl (C=O) groups excluding carboxylic acids is 1. The number of nitrogens with one attached hydrogen (secondary N) is 1. The monoisotopic (exact) mass is 481 g/mol. The van der Waals surface area contributed by atoms with Crippen LogP contribution < -0.4 is 5.32 Å². The molecule has 10 heteroatoms. The Morgan fingerprint density at radius 1 is 1.00 bits per heavy atom. The van der Waals surface area contributed by atoms with E-state index in [-0.39, 0.29) is 25.5 Å². The molecule has 1 fully saturated rings. The summed E-state index contributed by atoms with van der Waals surface area (Å²) in [6, 6.07) is 18.6. The van der Waals surface area contributed by atoms with Crippen molar-refractivity contribution in [2.75, 3.05) is 13.1 Å². The minimum atomic E-state index is -3.55. The Bertz CT molecular complexity index is 1360. The van der Waals surface area contributed by atoms with E-state index in [4.69, 9.17) is 0 Å². The van der Waals surface area contributed by atoms with Gasteiger partial charge in [0.1, 0.15) is 4.21 Å². The fraction of sp³-hybridized carbons (Fsp3) is 0.261. The van der Waals surface area contributed by atoms with Crippen LogP contribution in [0.15, 0.2) is 76.4 Å². The molecule has 1 aliphatic rings. The van der Waals surface area contributed by atoms with E-state index in [2.05, 4.69) is 15.5 Å². The highest BCUT2D eigenvalue weighted by Gasteiger charge is 2.45. The fourth-order valence-electron chi connectivity index (χ4n) is 4.39. The van der Waals surface area contributed by atoms with E-state index in [9.17, 15) is 13.2 Å². The maximum atomic E-state index is 13.6. The number of sulfonamides is 1. The van der Waals surface area contributed by atoms with Crippen LogP contribution >= 0.6 is 11.3 Å². The number of thiophene rings is 1. The van der Waals surface area contributed by atoms with E-state index in [1.165, 1.54) is 15.6 Å². The highest BCUT2D eigenvalue weighted by molar-refractivity contribution is 7.91. The zero-order chi connectivity index (χ0) is 22.9. The normalized spacial score (nSPS) is 16.6. The van der Waals surface area contributed by atoms with Gasteiger partial charge in [-0.05, 0) is 42.0 Å². The molecule has 1 N–H and O–H groups in total. The van der Waals surface area contributed by atoms with Gasteiger partial charge in [-0.3, -0.25) is 9.20 Å². The topological polar surface area (TPSA) is 96.7 Å². The molecule has 0 saturated carbocycles. The molecule has 0 atom stereocenters. The molecule has 0 spiro atoms. The number of piperidine rings is 1. The summed E-state index contributed by atoms with van der Waals surface area (Å²) in [5.74, 6) is 0.509. The molecular weight excluding hydrogens is 458 g/mol. The third kappa shape index (κ3) is 3.94. The molecule has 1 amide bonds. The molecule has 3 aromatic heterocycles. The lowest BCUT2D eigenvalue weighted by atomic mass is 9.72. The number of hydrogen-bond acceptors (Lipinski definition) is 6. The number of hydrogen-bond donors (Lipinski definition) is 1. The van der Waals surface area contributed by atoms with Crippen molar-refractivity contribution in [3.8, 4) is 0 Å². The summed E-state index contributed by atoms with van der Waals surface area (Å²) in [6.07, 6.45) is 2.65. The fourth-order valence-corrected chi connectivity index (χ4v) is 6.98. The second kappa shape index (κ2) is 8.69. The summed E-state index contributed by atoms with van der Waals surface area (Å²) < 4.78 is 29.6. The Morgan fingerprint density at radius 3 is 2.48 bits per heavy atom. The second-order valence-corrected chi connectivity index (χ2v) is 11.1. The van der Waals surface area contributed by atoms with Gasteiger partial charge < -0.3 is 5.32 Å². The standard InChI is InChI=1S/C23H23N5O3S2/c29-22(24-17-20-26-25-19-9-4-5-13-28(19)20)23(18-7-2-1-3-8-18)11-14-27(15-12-23)33(30,31)21-10-6-16-32-21/h1-10,13,16H,11-12,14-15,17H2,(H,24,29). The van der Waals surface area contributed by atoms with E-state index in [1.807, 2.05) is 59.1 Å². The first-order valence-corrected chi connectivity index (χ1v) is 13.0. The quantitative estimate of drug-likeness (QED) is 0.457. The molecule has 4 aromatic rings. The van der Waals surface area contributed by atoms with Crippen LogP contribution in [0.1, 0.15) is 24.2 Å². The van der Waals surface area contributed by atoms with Crippen molar-refractivity contribution in [3.63, 3.8) is 0 Å². The van der Waals surface area contributed by atoms with Gasteiger partial charge in [0.15, 0.2) is 11.5 Å². The largest absolute Gasteiger partial charge is 0.348 e. The van der Waals surface area contributed by atoms with E-state index in [1.54, 1.807) is 17.5 Å². The lowest BCUT2D eigenvalue weighted by molar-refractivity contribution is -0.128. The maximum absolute atomic E-state index is 13.6. The molecule has 1 aliphatic heterocycles. The predicted octanol–water partition coefficient (Wildman–Crippen LogP) is 2.83. The van der Waals surface area contributed by atoms with Crippen LogP contribution in [0.3, 0.4) is 0 Å². The van der Waals surface area contributed by atoms with Crippen LogP contribution in [-0.4, -0.2) is 46.3 Å². The number of carbonyl (C=O) groups is 1. The molecule has 0 bridgehead atoms. The van der Waals surface area contributed by atoms with Gasteiger partial charge in [0.05, 0.1) is 12.0 Å². The first kappa shape index (κ1) is 21.7.